The molecule has 260 valence electrons. The third kappa shape index (κ3) is 4.99. The van der Waals surface area contributed by atoms with Gasteiger partial charge in [-0.2, -0.15) is 0 Å². The predicted octanol–water partition coefficient (Wildman–Crippen LogP) is 15.5. The van der Waals surface area contributed by atoms with Gasteiger partial charge in [0.1, 0.15) is 0 Å². The summed E-state index contributed by atoms with van der Waals surface area (Å²) in [5.41, 5.74) is 13.6. The number of hydrogen-bond donors (Lipinski definition) is 0. The Morgan fingerprint density at radius 3 is 2.04 bits per heavy atom. The number of nitrogens with zero attached hydrogens (tertiary/aromatic N) is 1. The SMILES string of the molecule is CC1(C)c2ccccc2-c2c(N(c3ccc(-c4ccc5c(ccc6sc7ccccc7c65)c4)cc3)c3cccc(-c4cccc5ccccc45)c3)cccc21. The van der Waals surface area contributed by atoms with Gasteiger partial charge in [-0.05, 0) is 109 Å². The van der Waals surface area contributed by atoms with Crippen LogP contribution in [0.1, 0.15) is 25.0 Å². The van der Waals surface area contributed by atoms with Crippen LogP contribution in [-0.2, 0) is 5.41 Å². The minimum atomic E-state index is -0.0980. The Labute approximate surface area is 325 Å². The van der Waals surface area contributed by atoms with Crippen LogP contribution < -0.4 is 4.90 Å². The Kier molecular flexibility index (Phi) is 7.14. The monoisotopic (exact) mass is 719 g/mol. The van der Waals surface area contributed by atoms with Gasteiger partial charge in [-0.25, -0.2) is 0 Å². The molecule has 1 aliphatic rings. The van der Waals surface area contributed by atoms with Crippen molar-refractivity contribution < 1.29 is 0 Å². The normalized spacial score (nSPS) is 13.1. The molecular formula is C53H37NS. The fraction of sp³-hybridized carbons (Fsp3) is 0.0566. The molecule has 0 radical (unpaired) electrons. The molecule has 0 aliphatic heterocycles. The smallest absolute Gasteiger partial charge is 0.0543 e. The topological polar surface area (TPSA) is 3.24 Å². The summed E-state index contributed by atoms with van der Waals surface area (Å²) in [6.45, 7) is 4.72. The molecule has 9 aromatic carbocycles. The predicted molar refractivity (Wildman–Crippen MR) is 237 cm³/mol. The lowest BCUT2D eigenvalue weighted by Crippen LogP contribution is -2.16. The highest BCUT2D eigenvalue weighted by Gasteiger charge is 2.37. The first kappa shape index (κ1) is 32.0. The lowest BCUT2D eigenvalue weighted by Gasteiger charge is -2.29. The first-order chi connectivity index (χ1) is 27.0. The second-order valence-electron chi connectivity index (χ2n) is 15.3. The van der Waals surface area contributed by atoms with Crippen molar-refractivity contribution in [3.05, 3.63) is 199 Å². The van der Waals surface area contributed by atoms with Crippen LogP contribution in [0.5, 0.6) is 0 Å². The third-order valence-corrected chi connectivity index (χ3v) is 13.0. The largest absolute Gasteiger partial charge is 0.310 e. The average Bonchev–Trinajstić information content (AvgIpc) is 3.73. The zero-order valence-corrected chi connectivity index (χ0v) is 31.6. The lowest BCUT2D eigenvalue weighted by atomic mass is 9.82. The van der Waals surface area contributed by atoms with Gasteiger partial charge in [0.25, 0.3) is 0 Å². The summed E-state index contributed by atoms with van der Waals surface area (Å²) < 4.78 is 2.68. The van der Waals surface area contributed by atoms with Gasteiger partial charge in [-0.3, -0.25) is 0 Å². The molecule has 2 heteroatoms. The fourth-order valence-corrected chi connectivity index (χ4v) is 10.3. The highest BCUT2D eigenvalue weighted by Crippen LogP contribution is 2.54. The maximum absolute atomic E-state index is 2.47. The van der Waals surface area contributed by atoms with E-state index >= 15 is 0 Å². The zero-order chi connectivity index (χ0) is 36.7. The van der Waals surface area contributed by atoms with Crippen molar-refractivity contribution in [2.24, 2.45) is 0 Å². The van der Waals surface area contributed by atoms with Gasteiger partial charge < -0.3 is 4.90 Å². The van der Waals surface area contributed by atoms with Crippen molar-refractivity contribution in [3.63, 3.8) is 0 Å². The first-order valence-electron chi connectivity index (χ1n) is 19.1. The Morgan fingerprint density at radius 1 is 0.418 bits per heavy atom. The Balaban J connectivity index is 1.06. The molecule has 1 aromatic heterocycles. The number of fused-ring (bicyclic) bond motifs is 9. The summed E-state index contributed by atoms with van der Waals surface area (Å²) in [4.78, 5) is 2.47. The van der Waals surface area contributed by atoms with Crippen LogP contribution in [0.4, 0.5) is 17.1 Å². The van der Waals surface area contributed by atoms with E-state index < -0.39 is 0 Å². The molecule has 0 fully saturated rings. The lowest BCUT2D eigenvalue weighted by molar-refractivity contribution is 0.660. The van der Waals surface area contributed by atoms with Crippen molar-refractivity contribution in [1.29, 1.82) is 0 Å². The second kappa shape index (κ2) is 12.3. The van der Waals surface area contributed by atoms with Gasteiger partial charge in [-0.1, -0.05) is 153 Å². The molecule has 0 bridgehead atoms. The van der Waals surface area contributed by atoms with Crippen molar-refractivity contribution in [2.45, 2.75) is 19.3 Å². The summed E-state index contributed by atoms with van der Waals surface area (Å²) in [6, 6.07) is 69.6. The van der Waals surface area contributed by atoms with Crippen LogP contribution >= 0.6 is 11.3 Å². The maximum Gasteiger partial charge on any atom is 0.0543 e. The van der Waals surface area contributed by atoms with E-state index in [9.17, 15) is 0 Å². The molecular weight excluding hydrogens is 683 g/mol. The molecule has 0 saturated carbocycles. The van der Waals surface area contributed by atoms with Crippen LogP contribution in [0.15, 0.2) is 188 Å². The summed E-state index contributed by atoms with van der Waals surface area (Å²) in [5, 5.41) is 7.80. The molecule has 0 amide bonds. The van der Waals surface area contributed by atoms with Crippen molar-refractivity contribution in [2.75, 3.05) is 4.90 Å². The van der Waals surface area contributed by atoms with E-state index in [1.54, 1.807) is 0 Å². The van der Waals surface area contributed by atoms with Crippen molar-refractivity contribution >= 4 is 70.1 Å². The average molecular weight is 720 g/mol. The Morgan fingerprint density at radius 2 is 1.13 bits per heavy atom. The van der Waals surface area contributed by atoms with E-state index in [0.29, 0.717) is 0 Å². The number of rotatable bonds is 5. The van der Waals surface area contributed by atoms with E-state index in [-0.39, 0.29) is 5.41 Å². The number of benzene rings is 9. The number of anilines is 3. The minimum Gasteiger partial charge on any atom is -0.310 e. The zero-order valence-electron chi connectivity index (χ0n) is 30.8. The van der Waals surface area contributed by atoms with Crippen LogP contribution in [0.2, 0.25) is 0 Å². The van der Waals surface area contributed by atoms with E-state index in [1.165, 1.54) is 91.9 Å². The number of thiophene rings is 1. The molecule has 1 nitrogen and oxygen atoms in total. The number of hydrogen-bond acceptors (Lipinski definition) is 2. The van der Waals surface area contributed by atoms with Crippen LogP contribution in [0, 0.1) is 0 Å². The summed E-state index contributed by atoms with van der Waals surface area (Å²) >= 11 is 1.88. The molecule has 0 unspecified atom stereocenters. The molecule has 1 heterocycles. The third-order valence-electron chi connectivity index (χ3n) is 11.8. The van der Waals surface area contributed by atoms with E-state index in [2.05, 4.69) is 207 Å². The van der Waals surface area contributed by atoms with Crippen molar-refractivity contribution in [1.82, 2.24) is 0 Å². The Bertz CT molecular complexity index is 3120. The van der Waals surface area contributed by atoms with Gasteiger partial charge >= 0.3 is 0 Å². The standard InChI is InChI=1S/C53H37NS/c1-53(2)46-20-7-5-17-44(46)52-47(53)21-11-22-48(52)54(40-15-9-14-37(33-40)42-19-10-13-35-12-3-4-16-41(35)42)39-28-24-34(25-29-39)36-26-30-43-38(32-36)27-31-50-51(43)45-18-6-8-23-49(45)55-50/h3-33H,1-2H3. The molecule has 11 rings (SSSR count). The van der Waals surface area contributed by atoms with Gasteiger partial charge in [0.2, 0.25) is 0 Å². The minimum absolute atomic E-state index is 0.0980. The second-order valence-corrected chi connectivity index (χ2v) is 16.4. The fourth-order valence-electron chi connectivity index (χ4n) is 9.17. The van der Waals surface area contributed by atoms with E-state index in [1.807, 2.05) is 11.3 Å². The summed E-state index contributed by atoms with van der Waals surface area (Å²) in [6.07, 6.45) is 0. The quantitative estimate of drug-likeness (QED) is 0.171. The summed E-state index contributed by atoms with van der Waals surface area (Å²) in [5.74, 6) is 0. The van der Waals surface area contributed by atoms with Crippen LogP contribution in [0.25, 0.3) is 75.1 Å². The molecule has 10 aromatic rings. The van der Waals surface area contributed by atoms with Gasteiger partial charge in [0.15, 0.2) is 0 Å². The van der Waals surface area contributed by atoms with Crippen LogP contribution in [-0.4, -0.2) is 0 Å². The molecule has 1 aliphatic carbocycles. The highest BCUT2D eigenvalue weighted by atomic mass is 32.1. The first-order valence-corrected chi connectivity index (χ1v) is 19.9. The molecule has 0 N–H and O–H groups in total. The van der Waals surface area contributed by atoms with Gasteiger partial charge in [0.05, 0.1) is 5.69 Å². The van der Waals surface area contributed by atoms with Crippen molar-refractivity contribution in [3.8, 4) is 33.4 Å². The highest BCUT2D eigenvalue weighted by molar-refractivity contribution is 7.26. The van der Waals surface area contributed by atoms with Gasteiger partial charge in [0, 0.05) is 42.5 Å². The molecule has 0 saturated heterocycles. The van der Waals surface area contributed by atoms with E-state index in [4.69, 9.17) is 0 Å². The maximum atomic E-state index is 2.47. The molecule has 55 heavy (non-hydrogen) atoms. The van der Waals surface area contributed by atoms with Crippen LogP contribution in [0.3, 0.4) is 0 Å². The Hall–Kier alpha value is -6.48. The summed E-state index contributed by atoms with van der Waals surface area (Å²) in [7, 11) is 0. The molecule has 0 atom stereocenters. The molecule has 0 spiro atoms. The van der Waals surface area contributed by atoms with Gasteiger partial charge in [-0.15, -0.1) is 11.3 Å². The van der Waals surface area contributed by atoms with E-state index in [0.717, 1.165) is 11.4 Å².